The zero-order valence-electron chi connectivity index (χ0n) is 14.8. The first-order chi connectivity index (χ1) is 11.0. The molecular weight excluding hydrogens is 334 g/mol. The lowest BCUT2D eigenvalue weighted by molar-refractivity contribution is -0.126. The molecule has 1 amide bonds. The van der Waals surface area contributed by atoms with Gasteiger partial charge < -0.3 is 19.5 Å². The van der Waals surface area contributed by atoms with Crippen molar-refractivity contribution in [2.24, 2.45) is 5.92 Å². The Morgan fingerprint density at radius 2 is 1.65 bits per heavy atom. The molecule has 1 N–H and O–H groups in total. The molecule has 138 valence electrons. The van der Waals surface area contributed by atoms with Crippen molar-refractivity contribution in [1.82, 2.24) is 5.32 Å². The van der Waals surface area contributed by atoms with Crippen LogP contribution in [0.2, 0.25) is 0 Å². The Hall–Kier alpha value is -0.0800. The summed E-state index contributed by atoms with van der Waals surface area (Å²) < 4.78 is 16.1. The van der Waals surface area contributed by atoms with E-state index in [1.165, 1.54) is 6.42 Å². The van der Waals surface area contributed by atoms with Crippen molar-refractivity contribution < 1.29 is 19.0 Å². The topological polar surface area (TPSA) is 56.8 Å². The summed E-state index contributed by atoms with van der Waals surface area (Å²) in [6.07, 6.45) is 5.25. The molecule has 0 aromatic heterocycles. The third-order valence-electron chi connectivity index (χ3n) is 2.98. The minimum absolute atomic E-state index is 0.0282. The van der Waals surface area contributed by atoms with Crippen LogP contribution in [0.4, 0.5) is 0 Å². The van der Waals surface area contributed by atoms with E-state index in [4.69, 9.17) is 25.4 Å². The number of carbonyl (C=O) groups excluding carboxylic acids is 1. The SMILES string of the molecule is CC(C)CCCOCCOCCOCC(=O)NCCCS(C)=S. The van der Waals surface area contributed by atoms with E-state index < -0.39 is 0 Å². The Kier molecular flexibility index (Phi) is 16.7. The second kappa shape index (κ2) is 16.8. The van der Waals surface area contributed by atoms with Crippen molar-refractivity contribution in [1.29, 1.82) is 0 Å². The second-order valence-electron chi connectivity index (χ2n) is 5.79. The number of hydrogen-bond donors (Lipinski definition) is 1. The lowest BCUT2D eigenvalue weighted by Crippen LogP contribution is -2.29. The van der Waals surface area contributed by atoms with E-state index in [0.29, 0.717) is 33.0 Å². The summed E-state index contributed by atoms with van der Waals surface area (Å²) in [5.74, 6) is 1.62. The van der Waals surface area contributed by atoms with Crippen molar-refractivity contribution in [3.8, 4) is 0 Å². The van der Waals surface area contributed by atoms with Gasteiger partial charge in [-0.25, -0.2) is 0 Å². The Balaban J connectivity index is 3.17. The average molecular weight is 368 g/mol. The molecular formula is C16H33NO4S2. The van der Waals surface area contributed by atoms with Crippen LogP contribution in [0.1, 0.15) is 33.1 Å². The Bertz CT molecular complexity index is 314. The molecule has 0 rings (SSSR count). The first kappa shape index (κ1) is 22.9. The van der Waals surface area contributed by atoms with Gasteiger partial charge in [-0.15, -0.1) is 9.45 Å². The van der Waals surface area contributed by atoms with Gasteiger partial charge >= 0.3 is 0 Å². The number of ether oxygens (including phenoxy) is 3. The summed E-state index contributed by atoms with van der Waals surface area (Å²) >= 11 is 5.09. The van der Waals surface area contributed by atoms with Gasteiger partial charge in [-0.05, 0) is 37.2 Å². The zero-order valence-corrected chi connectivity index (χ0v) is 16.4. The van der Waals surface area contributed by atoms with E-state index in [2.05, 4.69) is 19.2 Å². The average Bonchev–Trinajstić information content (AvgIpc) is 2.48. The van der Waals surface area contributed by atoms with Gasteiger partial charge in [-0.2, -0.15) is 0 Å². The third kappa shape index (κ3) is 19.9. The van der Waals surface area contributed by atoms with Crippen molar-refractivity contribution in [2.75, 3.05) is 58.2 Å². The Labute approximate surface area is 148 Å². The number of rotatable bonds is 16. The maximum Gasteiger partial charge on any atom is 0.245 e. The van der Waals surface area contributed by atoms with Gasteiger partial charge in [-0.1, -0.05) is 25.0 Å². The maximum atomic E-state index is 11.5. The molecule has 1 unspecified atom stereocenters. The third-order valence-corrected chi connectivity index (χ3v) is 4.34. The van der Waals surface area contributed by atoms with Crippen LogP contribution in [0.15, 0.2) is 0 Å². The fourth-order valence-electron chi connectivity index (χ4n) is 1.75. The molecule has 7 heteroatoms. The highest BCUT2D eigenvalue weighted by molar-refractivity contribution is 8.28. The smallest absolute Gasteiger partial charge is 0.245 e. The van der Waals surface area contributed by atoms with E-state index in [-0.39, 0.29) is 22.0 Å². The normalized spacial score (nSPS) is 12.5. The van der Waals surface area contributed by atoms with E-state index in [1.54, 1.807) is 0 Å². The van der Waals surface area contributed by atoms with Crippen LogP contribution >= 0.6 is 0 Å². The first-order valence-corrected chi connectivity index (χ1v) is 11.0. The molecule has 1 atom stereocenters. The molecule has 0 aliphatic rings. The number of amides is 1. The van der Waals surface area contributed by atoms with Crippen LogP contribution in [0.3, 0.4) is 0 Å². The molecule has 0 aromatic carbocycles. The van der Waals surface area contributed by atoms with E-state index in [0.717, 1.165) is 31.1 Å². The number of carbonyl (C=O) groups is 1. The lowest BCUT2D eigenvalue weighted by atomic mass is 10.1. The summed E-state index contributed by atoms with van der Waals surface area (Å²) in [5, 5.41) is 2.81. The molecule has 5 nitrogen and oxygen atoms in total. The van der Waals surface area contributed by atoms with Gasteiger partial charge in [0.1, 0.15) is 6.61 Å². The van der Waals surface area contributed by atoms with Crippen LogP contribution in [-0.4, -0.2) is 64.1 Å². The minimum atomic E-state index is -0.0844. The highest BCUT2D eigenvalue weighted by Gasteiger charge is 2.00. The fourth-order valence-corrected chi connectivity index (χ4v) is 2.66. The molecule has 0 spiro atoms. The predicted molar refractivity (Wildman–Crippen MR) is 99.7 cm³/mol. The fraction of sp³-hybridized carbons (Fsp3) is 0.938. The highest BCUT2D eigenvalue weighted by atomic mass is 32.8. The molecule has 0 radical (unpaired) electrons. The molecule has 0 fully saturated rings. The first-order valence-electron chi connectivity index (χ1n) is 8.32. The van der Waals surface area contributed by atoms with Crippen LogP contribution in [0.5, 0.6) is 0 Å². The summed E-state index contributed by atoms with van der Waals surface area (Å²) in [5.41, 5.74) is 0. The standard InChI is InChI=1S/C16H33NO4S2/c1-15(2)6-4-8-19-9-10-20-11-12-21-14-16(18)17-7-5-13-23(3)22/h15H,4-14H2,1-3H3,(H,17,18). The van der Waals surface area contributed by atoms with Crippen molar-refractivity contribution in [2.45, 2.75) is 33.1 Å². The summed E-state index contributed by atoms with van der Waals surface area (Å²) in [7, 11) is 0.0282. The molecule has 0 saturated carbocycles. The second-order valence-corrected chi connectivity index (χ2v) is 9.06. The van der Waals surface area contributed by atoms with Crippen molar-refractivity contribution in [3.05, 3.63) is 0 Å². The molecule has 0 saturated heterocycles. The predicted octanol–water partition coefficient (Wildman–Crippen LogP) is 1.69. The molecule has 0 heterocycles. The van der Waals surface area contributed by atoms with Crippen LogP contribution in [0, 0.1) is 5.92 Å². The summed E-state index contributed by atoms with van der Waals surface area (Å²) in [6.45, 7) is 8.06. The number of nitrogens with one attached hydrogen (secondary N) is 1. The molecule has 23 heavy (non-hydrogen) atoms. The molecule has 0 aliphatic carbocycles. The van der Waals surface area contributed by atoms with Gasteiger partial charge in [0, 0.05) is 13.2 Å². The largest absolute Gasteiger partial charge is 0.379 e. The highest BCUT2D eigenvalue weighted by Crippen LogP contribution is 2.02. The quantitative estimate of drug-likeness (QED) is 0.421. The van der Waals surface area contributed by atoms with Gasteiger partial charge in [0.05, 0.1) is 26.4 Å². The van der Waals surface area contributed by atoms with Gasteiger partial charge in [-0.3, -0.25) is 4.79 Å². The molecule has 0 aliphatic heterocycles. The van der Waals surface area contributed by atoms with Gasteiger partial charge in [0.2, 0.25) is 5.91 Å². The Morgan fingerprint density at radius 3 is 2.26 bits per heavy atom. The summed E-state index contributed by atoms with van der Waals surface area (Å²) in [6, 6.07) is 0. The zero-order chi connectivity index (χ0) is 17.3. The monoisotopic (exact) mass is 367 g/mol. The van der Waals surface area contributed by atoms with Gasteiger partial charge in [0.25, 0.3) is 0 Å². The summed E-state index contributed by atoms with van der Waals surface area (Å²) in [4.78, 5) is 11.5. The van der Waals surface area contributed by atoms with E-state index in [9.17, 15) is 4.79 Å². The van der Waals surface area contributed by atoms with E-state index >= 15 is 0 Å². The van der Waals surface area contributed by atoms with Crippen LogP contribution < -0.4 is 5.32 Å². The lowest BCUT2D eigenvalue weighted by Gasteiger charge is -2.08. The number of hydrogen-bond acceptors (Lipinski definition) is 5. The Morgan fingerprint density at radius 1 is 1.04 bits per heavy atom. The van der Waals surface area contributed by atoms with Crippen LogP contribution in [0.25, 0.3) is 0 Å². The molecule has 0 bridgehead atoms. The van der Waals surface area contributed by atoms with Crippen molar-refractivity contribution >= 4 is 26.5 Å². The van der Waals surface area contributed by atoms with E-state index in [1.807, 2.05) is 6.26 Å². The van der Waals surface area contributed by atoms with Crippen molar-refractivity contribution in [3.63, 3.8) is 0 Å². The van der Waals surface area contributed by atoms with Gasteiger partial charge in [0.15, 0.2) is 0 Å². The van der Waals surface area contributed by atoms with Crippen LogP contribution in [-0.2, 0) is 39.6 Å². The minimum Gasteiger partial charge on any atom is -0.379 e. The maximum absolute atomic E-state index is 11.5. The molecule has 0 aromatic rings.